The number of nitrogens with one attached hydrogen (secondary N) is 1. The Morgan fingerprint density at radius 1 is 1.31 bits per heavy atom. The summed E-state index contributed by atoms with van der Waals surface area (Å²) in [5.41, 5.74) is 0.638. The maximum Gasteiger partial charge on any atom is 0.306 e. The summed E-state index contributed by atoms with van der Waals surface area (Å²) in [6, 6.07) is 4.66. The maximum atomic E-state index is 11.9. The summed E-state index contributed by atoms with van der Waals surface area (Å²) in [4.78, 5) is 23.1. The summed E-state index contributed by atoms with van der Waals surface area (Å²) in [7, 11) is -3.72. The van der Waals surface area contributed by atoms with Crippen LogP contribution < -0.4 is 14.2 Å². The van der Waals surface area contributed by atoms with Crippen LogP contribution in [0, 0.1) is 0 Å². The smallest absolute Gasteiger partial charge is 0.306 e. The molecule has 1 aliphatic rings. The van der Waals surface area contributed by atoms with Gasteiger partial charge in [0.2, 0.25) is 11.8 Å². The third-order valence-corrected chi connectivity index (χ3v) is 4.63. The van der Waals surface area contributed by atoms with Gasteiger partial charge >= 0.3 is 10.1 Å². The van der Waals surface area contributed by atoms with Crippen molar-refractivity contribution in [3.8, 4) is 11.5 Å². The van der Waals surface area contributed by atoms with E-state index < -0.39 is 15.5 Å². The van der Waals surface area contributed by atoms with Gasteiger partial charge in [0, 0.05) is 13.8 Å². The van der Waals surface area contributed by atoms with Gasteiger partial charge in [0.1, 0.15) is 5.37 Å². The molecule has 2 rings (SSSR count). The predicted molar refractivity (Wildman–Crippen MR) is 97.2 cm³/mol. The van der Waals surface area contributed by atoms with Crippen LogP contribution in [0.2, 0.25) is 0 Å². The van der Waals surface area contributed by atoms with E-state index in [1.54, 1.807) is 19.1 Å². The summed E-state index contributed by atoms with van der Waals surface area (Å²) in [6.07, 6.45) is 0.939. The molecule has 0 bridgehead atoms. The van der Waals surface area contributed by atoms with E-state index in [0.29, 0.717) is 17.3 Å². The summed E-state index contributed by atoms with van der Waals surface area (Å²) in [6.45, 7) is 4.75. The molecule has 1 atom stereocenters. The fourth-order valence-electron chi connectivity index (χ4n) is 2.16. The van der Waals surface area contributed by atoms with Crippen molar-refractivity contribution < 1.29 is 26.9 Å². The molecular weight excluding hydrogens is 382 g/mol. The second kappa shape index (κ2) is 7.96. The highest BCUT2D eigenvalue weighted by Crippen LogP contribution is 2.41. The first kappa shape index (κ1) is 20.0. The standard InChI is InChI=1S/C15H19N3O6S2/c1-5-23-13-8-11(6-7-12(13)24-26(4,21)22)14-18(10(3)20)17-15(25-14)16-9(2)19/h6-8,14H,5H2,1-4H3,(H,16,17,19)/t14-/m1/s1. The van der Waals surface area contributed by atoms with Crippen molar-refractivity contribution in [2.24, 2.45) is 5.10 Å². The third kappa shape index (κ3) is 5.11. The van der Waals surface area contributed by atoms with Crippen molar-refractivity contribution in [3.63, 3.8) is 0 Å². The number of hydrazone groups is 1. The van der Waals surface area contributed by atoms with E-state index in [1.165, 1.54) is 36.7 Å². The molecule has 0 unspecified atom stereocenters. The van der Waals surface area contributed by atoms with Crippen molar-refractivity contribution in [2.75, 3.05) is 12.9 Å². The van der Waals surface area contributed by atoms with Gasteiger partial charge in [-0.05, 0) is 24.6 Å². The van der Waals surface area contributed by atoms with Crippen molar-refractivity contribution in [1.29, 1.82) is 0 Å². The lowest BCUT2D eigenvalue weighted by atomic mass is 10.2. The number of ether oxygens (including phenoxy) is 1. The largest absolute Gasteiger partial charge is 0.490 e. The quantitative estimate of drug-likeness (QED) is 0.742. The number of amidine groups is 1. The zero-order valence-corrected chi connectivity index (χ0v) is 16.3. The minimum absolute atomic E-state index is 0.0541. The topological polar surface area (TPSA) is 114 Å². The van der Waals surface area contributed by atoms with E-state index >= 15 is 0 Å². The van der Waals surface area contributed by atoms with E-state index in [-0.39, 0.29) is 23.3 Å². The molecule has 0 aliphatic carbocycles. The summed E-state index contributed by atoms with van der Waals surface area (Å²) < 4.78 is 33.2. The van der Waals surface area contributed by atoms with Crippen LogP contribution in [0.1, 0.15) is 31.7 Å². The fraction of sp³-hybridized carbons (Fsp3) is 0.400. The van der Waals surface area contributed by atoms with Gasteiger partial charge in [-0.1, -0.05) is 17.8 Å². The Morgan fingerprint density at radius 3 is 2.54 bits per heavy atom. The van der Waals surface area contributed by atoms with Crippen LogP contribution in [0.5, 0.6) is 11.5 Å². The fourth-order valence-corrected chi connectivity index (χ4v) is 3.75. The molecule has 0 spiro atoms. The Bertz CT molecular complexity index is 853. The molecule has 142 valence electrons. The summed E-state index contributed by atoms with van der Waals surface area (Å²) in [5.74, 6) is -0.324. The van der Waals surface area contributed by atoms with E-state index in [1.807, 2.05) is 0 Å². The normalized spacial score (nSPS) is 16.8. The highest BCUT2D eigenvalue weighted by Gasteiger charge is 2.33. The lowest BCUT2D eigenvalue weighted by Crippen LogP contribution is -2.25. The molecule has 1 heterocycles. The van der Waals surface area contributed by atoms with Gasteiger partial charge in [-0.2, -0.15) is 8.42 Å². The van der Waals surface area contributed by atoms with Crippen LogP contribution in [0.15, 0.2) is 23.3 Å². The number of carbonyl (C=O) groups is 2. The van der Waals surface area contributed by atoms with Gasteiger partial charge in [0.25, 0.3) is 0 Å². The van der Waals surface area contributed by atoms with Gasteiger partial charge in [0.05, 0.1) is 12.9 Å². The SMILES string of the molecule is CCOc1cc([C@H]2SC(NC(C)=O)=NN2C(C)=O)ccc1OS(C)(=O)=O. The Morgan fingerprint density at radius 2 is 2.00 bits per heavy atom. The van der Waals surface area contributed by atoms with Crippen LogP contribution in [-0.4, -0.2) is 43.3 Å². The van der Waals surface area contributed by atoms with Crippen molar-refractivity contribution >= 4 is 38.9 Å². The number of hydrogen-bond acceptors (Lipinski definition) is 8. The number of amides is 2. The molecule has 0 saturated heterocycles. The number of hydrogen-bond donors (Lipinski definition) is 1. The molecule has 11 heteroatoms. The van der Waals surface area contributed by atoms with Crippen molar-refractivity contribution in [2.45, 2.75) is 26.1 Å². The Balaban J connectivity index is 2.36. The van der Waals surface area contributed by atoms with E-state index in [2.05, 4.69) is 10.4 Å². The molecule has 0 saturated carbocycles. The average molecular weight is 401 g/mol. The third-order valence-electron chi connectivity index (χ3n) is 3.04. The number of carbonyl (C=O) groups excluding carboxylic acids is 2. The summed E-state index contributed by atoms with van der Waals surface area (Å²) >= 11 is 1.18. The zero-order valence-electron chi connectivity index (χ0n) is 14.7. The van der Waals surface area contributed by atoms with Crippen LogP contribution in [0.25, 0.3) is 0 Å². The Labute approximate surface area is 155 Å². The van der Waals surface area contributed by atoms with Crippen LogP contribution >= 0.6 is 11.8 Å². The monoisotopic (exact) mass is 401 g/mol. The van der Waals surface area contributed by atoms with Crippen LogP contribution in [0.4, 0.5) is 0 Å². The number of thioether (sulfide) groups is 1. The minimum Gasteiger partial charge on any atom is -0.490 e. The van der Waals surface area contributed by atoms with Crippen molar-refractivity contribution in [3.05, 3.63) is 23.8 Å². The molecule has 1 aromatic rings. The average Bonchev–Trinajstić information content (AvgIpc) is 2.91. The Kier molecular flexibility index (Phi) is 6.13. The van der Waals surface area contributed by atoms with E-state index in [9.17, 15) is 18.0 Å². The summed E-state index contributed by atoms with van der Waals surface area (Å²) in [5, 5.41) is 7.67. The molecular formula is C15H19N3O6S2. The molecule has 0 fully saturated rings. The molecule has 2 amide bonds. The molecule has 26 heavy (non-hydrogen) atoms. The number of rotatable bonds is 5. The predicted octanol–water partition coefficient (Wildman–Crippen LogP) is 1.42. The second-order valence-electron chi connectivity index (χ2n) is 5.35. The van der Waals surface area contributed by atoms with Gasteiger partial charge in [-0.25, -0.2) is 5.01 Å². The molecule has 0 radical (unpaired) electrons. The molecule has 1 aromatic carbocycles. The van der Waals surface area contributed by atoms with E-state index in [4.69, 9.17) is 8.92 Å². The van der Waals surface area contributed by atoms with E-state index in [0.717, 1.165) is 6.26 Å². The first-order valence-electron chi connectivity index (χ1n) is 7.59. The van der Waals surface area contributed by atoms with Gasteiger partial charge in [-0.3, -0.25) is 9.59 Å². The minimum atomic E-state index is -3.72. The molecule has 9 nitrogen and oxygen atoms in total. The Hall–Kier alpha value is -2.27. The number of nitrogens with zero attached hydrogens (tertiary/aromatic N) is 2. The zero-order chi connectivity index (χ0) is 19.5. The molecule has 1 aliphatic heterocycles. The van der Waals surface area contributed by atoms with Gasteiger partial charge < -0.3 is 14.2 Å². The highest BCUT2D eigenvalue weighted by molar-refractivity contribution is 8.14. The maximum absolute atomic E-state index is 11.9. The highest BCUT2D eigenvalue weighted by atomic mass is 32.2. The van der Waals surface area contributed by atoms with Gasteiger partial charge in [0.15, 0.2) is 16.7 Å². The van der Waals surface area contributed by atoms with Crippen LogP contribution in [0.3, 0.4) is 0 Å². The molecule has 0 aromatic heterocycles. The van der Waals surface area contributed by atoms with Crippen molar-refractivity contribution in [1.82, 2.24) is 10.3 Å². The van der Waals surface area contributed by atoms with Crippen LogP contribution in [-0.2, 0) is 19.7 Å². The first-order valence-corrected chi connectivity index (χ1v) is 10.3. The number of benzene rings is 1. The first-order chi connectivity index (χ1) is 12.1. The van der Waals surface area contributed by atoms with Gasteiger partial charge in [-0.15, -0.1) is 5.10 Å². The molecule has 1 N–H and O–H groups in total. The second-order valence-corrected chi connectivity index (χ2v) is 7.99. The lowest BCUT2D eigenvalue weighted by Gasteiger charge is -2.20. The lowest BCUT2D eigenvalue weighted by molar-refractivity contribution is -0.129.